The number of thiophene rings is 1. The third-order valence-corrected chi connectivity index (χ3v) is 7.62. The van der Waals surface area contributed by atoms with Gasteiger partial charge in [-0.2, -0.15) is 5.26 Å². The largest absolute Gasteiger partial charge is 0.454 e. The molecule has 3 aromatic carbocycles. The quantitative estimate of drug-likeness (QED) is 0.288. The van der Waals surface area contributed by atoms with Gasteiger partial charge in [-0.3, -0.25) is 4.79 Å². The Balaban J connectivity index is 1.34. The molecule has 1 N–H and O–H groups in total. The maximum Gasteiger partial charge on any atom is 0.257 e. The predicted molar refractivity (Wildman–Crippen MR) is 144 cm³/mol. The summed E-state index contributed by atoms with van der Waals surface area (Å²) in [5.74, 6) is 1.18. The van der Waals surface area contributed by atoms with Crippen LogP contribution in [-0.4, -0.2) is 17.7 Å². The fourth-order valence-electron chi connectivity index (χ4n) is 4.48. The highest BCUT2D eigenvalue weighted by Crippen LogP contribution is 2.37. The number of hydrogen-bond donors (Lipinski definition) is 1. The molecule has 0 aliphatic carbocycles. The van der Waals surface area contributed by atoms with Crippen LogP contribution < -0.4 is 14.8 Å². The van der Waals surface area contributed by atoms with Crippen molar-refractivity contribution in [2.75, 3.05) is 12.1 Å². The second-order valence-corrected chi connectivity index (χ2v) is 9.83. The van der Waals surface area contributed by atoms with Crippen molar-refractivity contribution in [2.24, 2.45) is 0 Å². The maximum atomic E-state index is 13.6. The Hall–Kier alpha value is -4.67. The summed E-state index contributed by atoms with van der Waals surface area (Å²) in [5.41, 5.74) is 5.29. The molecule has 6 rings (SSSR count). The number of nitrogens with zero attached hydrogens (tertiary/aromatic N) is 2. The van der Waals surface area contributed by atoms with Gasteiger partial charge < -0.3 is 14.8 Å². The summed E-state index contributed by atoms with van der Waals surface area (Å²) in [6.07, 6.45) is 0.619. The van der Waals surface area contributed by atoms with Gasteiger partial charge in [-0.25, -0.2) is 4.98 Å². The van der Waals surface area contributed by atoms with Crippen molar-refractivity contribution in [3.8, 4) is 28.8 Å². The molecule has 3 heterocycles. The minimum absolute atomic E-state index is 0.223. The van der Waals surface area contributed by atoms with E-state index in [9.17, 15) is 10.1 Å². The lowest BCUT2D eigenvalue weighted by atomic mass is 10.0. The first-order chi connectivity index (χ1) is 18.1. The van der Waals surface area contributed by atoms with Crippen LogP contribution in [0.1, 0.15) is 31.9 Å². The molecule has 0 saturated heterocycles. The number of carbonyl (C=O) groups excluding carboxylic acids is 1. The van der Waals surface area contributed by atoms with Gasteiger partial charge in [0.05, 0.1) is 22.3 Å². The number of fused-ring (bicyclic) bond motifs is 2. The number of para-hydroxylation sites is 1. The van der Waals surface area contributed by atoms with Gasteiger partial charge in [0.2, 0.25) is 6.79 Å². The average molecular weight is 504 g/mol. The van der Waals surface area contributed by atoms with Crippen molar-refractivity contribution in [1.82, 2.24) is 4.98 Å². The monoisotopic (exact) mass is 503 g/mol. The third-order valence-electron chi connectivity index (χ3n) is 6.42. The van der Waals surface area contributed by atoms with E-state index >= 15 is 0 Å². The SMILES string of the molecule is Cc1c(Cc2ccc3c(c2)OCO3)sc(NC(=O)c2cc(-c3ccccc3)nc3ccccc23)c1C#N. The van der Waals surface area contributed by atoms with E-state index < -0.39 is 0 Å². The first-order valence-corrected chi connectivity index (χ1v) is 12.6. The van der Waals surface area contributed by atoms with Crippen molar-refractivity contribution >= 4 is 33.1 Å². The molecule has 0 spiro atoms. The molecule has 1 aliphatic heterocycles. The summed E-state index contributed by atoms with van der Waals surface area (Å²) in [6, 6.07) is 27.3. The molecule has 6 nitrogen and oxygen atoms in total. The number of rotatable bonds is 5. The van der Waals surface area contributed by atoms with Crippen LogP contribution in [0.3, 0.4) is 0 Å². The molecule has 5 aromatic rings. The molecule has 1 amide bonds. The van der Waals surface area contributed by atoms with Crippen molar-refractivity contribution in [1.29, 1.82) is 5.26 Å². The van der Waals surface area contributed by atoms with Gasteiger partial charge in [-0.15, -0.1) is 11.3 Å². The number of aromatic nitrogens is 1. The van der Waals surface area contributed by atoms with Gasteiger partial charge in [0.25, 0.3) is 5.91 Å². The van der Waals surface area contributed by atoms with E-state index in [1.54, 1.807) is 0 Å². The van der Waals surface area contributed by atoms with Gasteiger partial charge in [0, 0.05) is 22.2 Å². The molecule has 0 fully saturated rings. The Bertz CT molecular complexity index is 1700. The summed E-state index contributed by atoms with van der Waals surface area (Å²) >= 11 is 1.43. The Morgan fingerprint density at radius 2 is 1.81 bits per heavy atom. The molecule has 0 bridgehead atoms. The third kappa shape index (κ3) is 4.28. The number of ether oxygens (including phenoxy) is 2. The van der Waals surface area contributed by atoms with E-state index in [0.29, 0.717) is 22.5 Å². The molecule has 0 radical (unpaired) electrons. The molecule has 180 valence electrons. The number of pyridine rings is 1. The standard InChI is InChI=1S/C30H21N3O3S/c1-18-23(16-31)30(37-28(18)14-19-11-12-26-27(13-19)36-17-35-26)33-29(34)22-15-25(20-7-3-2-4-8-20)32-24-10-6-5-9-21(22)24/h2-13,15H,14,17H2,1H3,(H,33,34). The number of benzene rings is 3. The lowest BCUT2D eigenvalue weighted by Gasteiger charge is -2.10. The zero-order valence-corrected chi connectivity index (χ0v) is 20.8. The van der Waals surface area contributed by atoms with Gasteiger partial charge in [0.15, 0.2) is 11.5 Å². The van der Waals surface area contributed by atoms with E-state index in [0.717, 1.165) is 49.7 Å². The van der Waals surface area contributed by atoms with Crippen LogP contribution in [0.15, 0.2) is 78.9 Å². The van der Waals surface area contributed by atoms with Crippen LogP contribution in [0.2, 0.25) is 0 Å². The minimum Gasteiger partial charge on any atom is -0.454 e. The fourth-order valence-corrected chi connectivity index (χ4v) is 5.66. The molecule has 7 heteroatoms. The number of nitriles is 1. The highest BCUT2D eigenvalue weighted by Gasteiger charge is 2.21. The van der Waals surface area contributed by atoms with E-state index in [4.69, 9.17) is 14.5 Å². The first kappa shape index (κ1) is 22.8. The van der Waals surface area contributed by atoms with Crippen molar-refractivity contribution in [3.05, 3.63) is 106 Å². The highest BCUT2D eigenvalue weighted by molar-refractivity contribution is 7.16. The Labute approximate surface area is 217 Å². The summed E-state index contributed by atoms with van der Waals surface area (Å²) in [4.78, 5) is 19.4. The Morgan fingerprint density at radius 1 is 1.03 bits per heavy atom. The highest BCUT2D eigenvalue weighted by atomic mass is 32.1. The molecular weight excluding hydrogens is 482 g/mol. The van der Waals surface area contributed by atoms with Gasteiger partial charge in [0.1, 0.15) is 11.1 Å². The molecule has 0 saturated carbocycles. The Kier molecular flexibility index (Phi) is 5.79. The van der Waals surface area contributed by atoms with Crippen molar-refractivity contribution in [2.45, 2.75) is 13.3 Å². The van der Waals surface area contributed by atoms with Crippen molar-refractivity contribution < 1.29 is 14.3 Å². The number of hydrogen-bond acceptors (Lipinski definition) is 6. The predicted octanol–water partition coefficient (Wildman–Crippen LogP) is 6.72. The van der Waals surface area contributed by atoms with Gasteiger partial charge in [-0.1, -0.05) is 54.6 Å². The number of anilines is 1. The van der Waals surface area contributed by atoms with Crippen LogP contribution >= 0.6 is 11.3 Å². The zero-order chi connectivity index (χ0) is 25.4. The van der Waals surface area contributed by atoms with E-state index in [-0.39, 0.29) is 12.7 Å². The zero-order valence-electron chi connectivity index (χ0n) is 19.9. The normalized spacial score (nSPS) is 11.9. The minimum atomic E-state index is -0.275. The summed E-state index contributed by atoms with van der Waals surface area (Å²) in [6.45, 7) is 2.14. The van der Waals surface area contributed by atoms with Crippen LogP contribution in [-0.2, 0) is 6.42 Å². The van der Waals surface area contributed by atoms with Gasteiger partial charge in [-0.05, 0) is 42.3 Å². The van der Waals surface area contributed by atoms with Gasteiger partial charge >= 0.3 is 0 Å². The maximum absolute atomic E-state index is 13.6. The molecule has 0 unspecified atom stereocenters. The average Bonchev–Trinajstić information content (AvgIpc) is 3.51. The van der Waals surface area contributed by atoms with Crippen LogP contribution in [0, 0.1) is 18.3 Å². The fraction of sp³-hybridized carbons (Fsp3) is 0.100. The molecule has 0 atom stereocenters. The van der Waals surface area contributed by atoms with Crippen LogP contribution in [0.5, 0.6) is 11.5 Å². The molecule has 1 aliphatic rings. The number of carbonyl (C=O) groups is 1. The first-order valence-electron chi connectivity index (χ1n) is 11.8. The van der Waals surface area contributed by atoms with Crippen LogP contribution in [0.4, 0.5) is 5.00 Å². The molecule has 2 aromatic heterocycles. The molecular formula is C30H21N3O3S. The number of amides is 1. The second-order valence-electron chi connectivity index (χ2n) is 8.72. The molecule has 37 heavy (non-hydrogen) atoms. The van der Waals surface area contributed by atoms with Crippen LogP contribution in [0.25, 0.3) is 22.2 Å². The van der Waals surface area contributed by atoms with E-state index in [1.165, 1.54) is 11.3 Å². The lowest BCUT2D eigenvalue weighted by molar-refractivity contribution is 0.102. The lowest BCUT2D eigenvalue weighted by Crippen LogP contribution is -2.13. The summed E-state index contributed by atoms with van der Waals surface area (Å²) in [5, 5.41) is 14.2. The summed E-state index contributed by atoms with van der Waals surface area (Å²) in [7, 11) is 0. The summed E-state index contributed by atoms with van der Waals surface area (Å²) < 4.78 is 10.9. The second kappa shape index (κ2) is 9.41. The van der Waals surface area contributed by atoms with E-state index in [1.807, 2.05) is 85.8 Å². The topological polar surface area (TPSA) is 84.2 Å². The van der Waals surface area contributed by atoms with Crippen molar-refractivity contribution in [3.63, 3.8) is 0 Å². The smallest absolute Gasteiger partial charge is 0.257 e. The van der Waals surface area contributed by atoms with E-state index in [2.05, 4.69) is 11.4 Å². The Morgan fingerprint density at radius 3 is 2.65 bits per heavy atom. The number of nitrogens with one attached hydrogen (secondary N) is 1.